The molecule has 0 amide bonds. The van der Waals surface area contributed by atoms with Crippen molar-refractivity contribution in [1.29, 1.82) is 0 Å². The van der Waals surface area contributed by atoms with Crippen LogP contribution < -0.4 is 4.72 Å². The molecule has 4 rings (SSSR count). The van der Waals surface area contributed by atoms with Gasteiger partial charge in [-0.3, -0.25) is 0 Å². The molecule has 1 saturated carbocycles. The Labute approximate surface area is 136 Å². The lowest BCUT2D eigenvalue weighted by Gasteiger charge is -2.00. The van der Waals surface area contributed by atoms with Gasteiger partial charge in [-0.25, -0.2) is 17.5 Å². The van der Waals surface area contributed by atoms with Gasteiger partial charge >= 0.3 is 0 Å². The number of hydrogen-bond acceptors (Lipinski definition) is 6. The van der Waals surface area contributed by atoms with Crippen molar-refractivity contribution in [3.8, 4) is 23.0 Å². The lowest BCUT2D eigenvalue weighted by molar-refractivity contribution is 0.398. The van der Waals surface area contributed by atoms with Crippen molar-refractivity contribution >= 4 is 10.0 Å². The number of furan rings is 1. The van der Waals surface area contributed by atoms with Crippen LogP contribution in [0.1, 0.15) is 12.8 Å². The van der Waals surface area contributed by atoms with E-state index in [1.54, 1.807) is 0 Å². The van der Waals surface area contributed by atoms with E-state index in [4.69, 9.17) is 8.94 Å². The summed E-state index contributed by atoms with van der Waals surface area (Å²) in [5, 5.41) is 3.59. The fourth-order valence-electron chi connectivity index (χ4n) is 2.10. The molecule has 124 valence electrons. The molecule has 0 unspecified atom stereocenters. The van der Waals surface area contributed by atoms with Gasteiger partial charge in [-0.1, -0.05) is 5.16 Å². The van der Waals surface area contributed by atoms with Crippen LogP contribution >= 0.6 is 0 Å². The van der Waals surface area contributed by atoms with Crippen LogP contribution in [-0.4, -0.2) is 24.6 Å². The van der Waals surface area contributed by atoms with E-state index >= 15 is 0 Å². The average molecular weight is 349 g/mol. The second-order valence-corrected chi connectivity index (χ2v) is 7.09. The van der Waals surface area contributed by atoms with Gasteiger partial charge in [-0.05, 0) is 49.2 Å². The highest BCUT2D eigenvalue weighted by atomic mass is 32.2. The van der Waals surface area contributed by atoms with E-state index in [1.165, 1.54) is 36.4 Å². The van der Waals surface area contributed by atoms with E-state index in [2.05, 4.69) is 14.9 Å². The molecular formula is C15H12FN3O4S. The highest BCUT2D eigenvalue weighted by molar-refractivity contribution is 7.89. The third-order valence-electron chi connectivity index (χ3n) is 3.48. The summed E-state index contributed by atoms with van der Waals surface area (Å²) in [5.74, 6) is 0.0719. The summed E-state index contributed by atoms with van der Waals surface area (Å²) < 4.78 is 50.0. The Morgan fingerprint density at radius 2 is 1.88 bits per heavy atom. The van der Waals surface area contributed by atoms with Gasteiger partial charge in [-0.2, -0.15) is 4.98 Å². The molecule has 2 heterocycles. The van der Waals surface area contributed by atoms with Crippen LogP contribution in [0.3, 0.4) is 0 Å². The molecule has 0 radical (unpaired) electrons. The summed E-state index contributed by atoms with van der Waals surface area (Å²) in [6, 6.07) is 8.37. The molecule has 0 atom stereocenters. The summed E-state index contributed by atoms with van der Waals surface area (Å²) in [7, 11) is -3.68. The van der Waals surface area contributed by atoms with Crippen molar-refractivity contribution in [3.05, 3.63) is 42.2 Å². The molecular weight excluding hydrogens is 337 g/mol. The fraction of sp³-hybridized carbons (Fsp3) is 0.200. The summed E-state index contributed by atoms with van der Waals surface area (Å²) >= 11 is 0. The van der Waals surface area contributed by atoms with Crippen molar-refractivity contribution in [3.63, 3.8) is 0 Å². The van der Waals surface area contributed by atoms with Gasteiger partial charge in [0.15, 0.2) is 5.76 Å². The zero-order chi connectivity index (χ0) is 16.7. The largest absolute Gasteiger partial charge is 0.438 e. The van der Waals surface area contributed by atoms with Gasteiger partial charge in [0.25, 0.3) is 15.9 Å². The monoisotopic (exact) mass is 349 g/mol. The second-order valence-electron chi connectivity index (χ2n) is 5.44. The number of rotatable bonds is 5. The number of nitrogens with one attached hydrogen (secondary N) is 1. The average Bonchev–Trinajstić information content (AvgIpc) is 3.06. The molecule has 9 heteroatoms. The molecule has 1 N–H and O–H groups in total. The third kappa shape index (κ3) is 2.95. The van der Waals surface area contributed by atoms with Crippen molar-refractivity contribution in [1.82, 2.24) is 14.9 Å². The minimum absolute atomic E-state index is 0.0166. The van der Waals surface area contributed by atoms with Crippen LogP contribution in [0.15, 0.2) is 50.4 Å². The first kappa shape index (κ1) is 15.0. The van der Waals surface area contributed by atoms with E-state index in [9.17, 15) is 12.8 Å². The Bertz CT molecular complexity index is 974. The number of nitrogens with zero attached hydrogens (tertiary/aromatic N) is 2. The van der Waals surface area contributed by atoms with E-state index < -0.39 is 10.0 Å². The molecule has 1 fully saturated rings. The van der Waals surface area contributed by atoms with Gasteiger partial charge < -0.3 is 8.94 Å². The third-order valence-corrected chi connectivity index (χ3v) is 4.88. The summed E-state index contributed by atoms with van der Waals surface area (Å²) in [6.45, 7) is 0. The topological polar surface area (TPSA) is 98.2 Å². The van der Waals surface area contributed by atoms with E-state index in [1.807, 2.05) is 0 Å². The smallest absolute Gasteiger partial charge is 0.293 e. The Balaban J connectivity index is 1.60. The van der Waals surface area contributed by atoms with Crippen LogP contribution in [0.2, 0.25) is 0 Å². The number of halogens is 1. The molecule has 1 aliphatic rings. The normalized spacial score (nSPS) is 14.9. The Morgan fingerprint density at radius 1 is 1.12 bits per heavy atom. The van der Waals surface area contributed by atoms with Gasteiger partial charge in [-0.15, -0.1) is 0 Å². The number of hydrogen-bond donors (Lipinski definition) is 1. The fourth-order valence-corrected chi connectivity index (χ4v) is 3.34. The highest BCUT2D eigenvalue weighted by Crippen LogP contribution is 2.27. The maximum Gasteiger partial charge on any atom is 0.293 e. The summed E-state index contributed by atoms with van der Waals surface area (Å²) in [6.07, 6.45) is 1.66. The van der Waals surface area contributed by atoms with Gasteiger partial charge in [0.05, 0.1) is 0 Å². The Morgan fingerprint density at radius 3 is 2.58 bits per heavy atom. The lowest BCUT2D eigenvalue weighted by atomic mass is 10.2. The number of sulfonamides is 1. The van der Waals surface area contributed by atoms with E-state index in [0.29, 0.717) is 5.56 Å². The maximum absolute atomic E-state index is 12.9. The van der Waals surface area contributed by atoms with Crippen LogP contribution in [0.5, 0.6) is 0 Å². The number of benzene rings is 1. The molecule has 0 saturated heterocycles. The zero-order valence-corrected chi connectivity index (χ0v) is 13.1. The summed E-state index contributed by atoms with van der Waals surface area (Å²) in [5.41, 5.74) is 0.571. The number of aromatic nitrogens is 2. The molecule has 0 aliphatic heterocycles. The molecule has 2 aromatic heterocycles. The molecule has 0 spiro atoms. The molecule has 24 heavy (non-hydrogen) atoms. The van der Waals surface area contributed by atoms with Crippen molar-refractivity contribution in [2.75, 3.05) is 0 Å². The molecule has 1 aromatic carbocycles. The van der Waals surface area contributed by atoms with Crippen molar-refractivity contribution in [2.24, 2.45) is 0 Å². The minimum Gasteiger partial charge on any atom is -0.438 e. The first-order valence-electron chi connectivity index (χ1n) is 7.23. The highest BCUT2D eigenvalue weighted by Gasteiger charge is 2.30. The van der Waals surface area contributed by atoms with Crippen molar-refractivity contribution in [2.45, 2.75) is 24.0 Å². The van der Waals surface area contributed by atoms with Gasteiger partial charge in [0.1, 0.15) is 5.82 Å². The maximum atomic E-state index is 12.9. The van der Waals surface area contributed by atoms with Crippen molar-refractivity contribution < 1.29 is 21.7 Å². The van der Waals surface area contributed by atoms with Crippen LogP contribution in [0.25, 0.3) is 23.0 Å². The molecule has 0 bridgehead atoms. The van der Waals surface area contributed by atoms with Gasteiger partial charge in [0.2, 0.25) is 10.9 Å². The molecule has 1 aliphatic carbocycles. The SMILES string of the molecule is O=S(=O)(NC1CC1)c1ccc(-c2nc(-c3ccc(F)cc3)no2)o1. The summed E-state index contributed by atoms with van der Waals surface area (Å²) in [4.78, 5) is 4.14. The molecule has 7 nitrogen and oxygen atoms in total. The quantitative estimate of drug-likeness (QED) is 0.760. The first-order valence-corrected chi connectivity index (χ1v) is 8.72. The lowest BCUT2D eigenvalue weighted by Crippen LogP contribution is -2.25. The van der Waals surface area contributed by atoms with Crippen LogP contribution in [-0.2, 0) is 10.0 Å². The first-order chi connectivity index (χ1) is 11.5. The molecule has 3 aromatic rings. The van der Waals surface area contributed by atoms with E-state index in [-0.39, 0.29) is 34.4 Å². The van der Waals surface area contributed by atoms with Crippen LogP contribution in [0, 0.1) is 5.82 Å². The van der Waals surface area contributed by atoms with Gasteiger partial charge in [0, 0.05) is 11.6 Å². The minimum atomic E-state index is -3.68. The predicted molar refractivity (Wildman–Crippen MR) is 80.7 cm³/mol. The van der Waals surface area contributed by atoms with Crippen LogP contribution in [0.4, 0.5) is 4.39 Å². The standard InChI is InChI=1S/C15H12FN3O4S/c16-10-3-1-9(2-4-10)14-17-15(23-18-14)12-7-8-13(22-12)24(20,21)19-11-5-6-11/h1-4,7-8,11,19H,5-6H2. The Kier molecular flexibility index (Phi) is 3.47. The second kappa shape index (κ2) is 5.53. The Hall–Kier alpha value is -2.52. The predicted octanol–water partition coefficient (Wildman–Crippen LogP) is 2.58. The zero-order valence-electron chi connectivity index (χ0n) is 12.3. The van der Waals surface area contributed by atoms with E-state index in [0.717, 1.165) is 12.8 Å².